The van der Waals surface area contributed by atoms with Crippen LogP contribution in [-0.2, 0) is 76.1 Å². The van der Waals surface area contributed by atoms with E-state index in [1.54, 1.807) is 22.8 Å². The summed E-state index contributed by atoms with van der Waals surface area (Å²) in [6.45, 7) is 19.1. The first-order chi connectivity index (χ1) is 71.2. The van der Waals surface area contributed by atoms with Crippen LogP contribution in [0.3, 0.4) is 0 Å². The van der Waals surface area contributed by atoms with E-state index in [0.717, 1.165) is 128 Å². The highest BCUT2D eigenvalue weighted by molar-refractivity contribution is 6.08. The van der Waals surface area contributed by atoms with Gasteiger partial charge < -0.3 is 77.7 Å². The van der Waals surface area contributed by atoms with Crippen LogP contribution < -0.4 is 82.6 Å². The number of rotatable bonds is 32. The molecule has 0 unspecified atom stereocenters. The second kappa shape index (κ2) is 48.4. The van der Waals surface area contributed by atoms with Crippen molar-refractivity contribution in [3.8, 4) is 0 Å². The summed E-state index contributed by atoms with van der Waals surface area (Å²) in [5.41, 5.74) is 38.7. The molecule has 2 saturated carbocycles. The number of hydrogen-bond acceptors (Lipinski definition) is 20. The van der Waals surface area contributed by atoms with Crippen molar-refractivity contribution >= 4 is 139 Å². The maximum Gasteiger partial charge on any atom is 0.262 e. The Morgan fingerprint density at radius 1 is 0.381 bits per heavy atom. The molecule has 3 aliphatic rings. The number of hydrogen-bond donors (Lipinski definition) is 15. The Kier molecular flexibility index (Phi) is 34.5. The largest absolute Gasteiger partial charge is 0.355 e. The Balaban J connectivity index is 0.000000131. The molecule has 7 aromatic carbocycles. The van der Waals surface area contributed by atoms with Crippen LogP contribution in [0.4, 0.5) is 0 Å². The number of carbonyl (C=O) groups is 5. The summed E-state index contributed by atoms with van der Waals surface area (Å²) in [5.74, 6) is 0.517. The summed E-state index contributed by atoms with van der Waals surface area (Å²) in [6, 6.07) is 55.5. The van der Waals surface area contributed by atoms with Crippen LogP contribution in [0.25, 0.3) is 109 Å². The number of amides is 5. The van der Waals surface area contributed by atoms with Gasteiger partial charge in [-0.05, 0) is 171 Å². The van der Waals surface area contributed by atoms with E-state index < -0.39 is 23.7 Å². The predicted octanol–water partition coefficient (Wildman–Crippen LogP) is 12.5. The zero-order chi connectivity index (χ0) is 104. The number of carbonyl (C=O) groups excluding carboxylic acids is 5. The highest BCUT2D eigenvalue weighted by atomic mass is 16.2. The van der Waals surface area contributed by atoms with Crippen molar-refractivity contribution in [2.75, 3.05) is 32.7 Å². The highest BCUT2D eigenvalue weighted by Crippen LogP contribution is 2.32. The minimum Gasteiger partial charge on any atom is -0.355 e. The molecule has 19 N–H and O–H groups in total. The Morgan fingerprint density at radius 3 is 1.06 bits per heavy atom. The molecule has 770 valence electrons. The Morgan fingerprint density at radius 2 is 0.694 bits per heavy atom. The molecular formula is C112H137N25O10. The minimum atomic E-state index is -0.728. The zero-order valence-electron chi connectivity index (χ0n) is 85.0. The number of aromatic amines is 5. The molecule has 20 rings (SSSR count). The fourth-order valence-corrected chi connectivity index (χ4v) is 20.9. The molecule has 0 bridgehead atoms. The molecule has 11 heterocycles. The second-order valence-corrected chi connectivity index (χ2v) is 39.8. The van der Waals surface area contributed by atoms with Crippen LogP contribution in [-0.4, -0.2) is 166 Å². The van der Waals surface area contributed by atoms with Gasteiger partial charge in [0.25, 0.3) is 27.8 Å². The normalized spacial score (nSPS) is 14.7. The monoisotopic (exact) mass is 1990 g/mol. The van der Waals surface area contributed by atoms with Gasteiger partial charge in [0.1, 0.15) is 27.6 Å². The van der Waals surface area contributed by atoms with Gasteiger partial charge in [-0.15, -0.1) is 0 Å². The lowest BCUT2D eigenvalue weighted by molar-refractivity contribution is -0.127. The van der Waals surface area contributed by atoms with E-state index >= 15 is 0 Å². The van der Waals surface area contributed by atoms with Crippen LogP contribution in [0.15, 0.2) is 200 Å². The summed E-state index contributed by atoms with van der Waals surface area (Å²) in [6.07, 6.45) is 17.6. The summed E-state index contributed by atoms with van der Waals surface area (Å²) < 4.78 is 8.89. The molecule has 35 heteroatoms. The van der Waals surface area contributed by atoms with Gasteiger partial charge in [-0.25, -0.2) is 0 Å². The Bertz CT molecular complexity index is 7920. The molecule has 35 nitrogen and oxygen atoms in total. The third kappa shape index (κ3) is 24.1. The first-order valence-electron chi connectivity index (χ1n) is 51.8. The number of benzene rings is 7. The number of fused-ring (bicyclic) bond motifs is 16. The standard InChI is InChI=1S/C24H25N5O2.C24H27N5O2.C23H31N5O2.C21H27N5O2.C20H27N5O2/c1-15-21-22(28-27-15)18-9-4-5-10-20(18)29(24(21)31)12-6-11-25-23(30)19-13-16-7-2-3-8-17(16)14-26-19;1-16-21-22(28-27-16)18-10-5-6-11-20(18)29(24(21)31)15-7-14-26-23(30)19(25)13-12-17-8-3-2-4-9-17;1-15-20-21(27-26-15)17-10-5-6-11-19(17)28(23(20)30)13-7-12-25-22(29)18(24)14-16-8-3-2-4-9-16;1-14-17-18(25-24-14)15-8-3-4-9-16(15)26(19(17)27)13-7-12-23-20(28)21(22)10-5-2-6-11-21;1-12(2)11-15(21)19(26)22-9-6-10-25-16-8-5-4-7-14(16)18-17(20(25)27)13(3)23-24-18/h2-5,7-10,19,26H,6,11-14H2,1H3,(H,25,30)(H,27,28);2-6,8-11,19H,7,12-15,25H2,1H3,(H,26,30)(H,27,28);5-6,10-11,16,18H,2-4,7-9,12-14,24H2,1H3,(H,25,29)(H,26,27);3-4,8-9H,2,5-7,10-13,22H2,1H3,(H,23,28)(H,24,25);4-5,7-8,12,15H,6,9-11,21H2,1-3H3,(H,22,26)(H,23,24)/t2*19-;18-;;15-/m000.0/s1. The number of nitrogens with one attached hydrogen (secondary N) is 11. The van der Waals surface area contributed by atoms with Crippen LogP contribution in [0.1, 0.15) is 175 Å². The van der Waals surface area contributed by atoms with Crippen molar-refractivity contribution < 1.29 is 24.0 Å². The zero-order valence-corrected chi connectivity index (χ0v) is 85.0. The number of aromatic nitrogens is 15. The van der Waals surface area contributed by atoms with E-state index in [1.165, 1.54) is 48.8 Å². The van der Waals surface area contributed by atoms with E-state index in [9.17, 15) is 47.9 Å². The molecule has 0 saturated heterocycles. The van der Waals surface area contributed by atoms with Gasteiger partial charge >= 0.3 is 0 Å². The third-order valence-electron chi connectivity index (χ3n) is 28.8. The smallest absolute Gasteiger partial charge is 0.262 e. The molecule has 0 radical (unpaired) electrons. The van der Waals surface area contributed by atoms with Crippen molar-refractivity contribution in [1.29, 1.82) is 0 Å². The number of pyridine rings is 5. The minimum absolute atomic E-state index is 0.00726. The summed E-state index contributed by atoms with van der Waals surface area (Å²) >= 11 is 0. The topological polar surface area (TPSA) is 515 Å². The fourth-order valence-electron chi connectivity index (χ4n) is 20.9. The molecule has 147 heavy (non-hydrogen) atoms. The van der Waals surface area contributed by atoms with Crippen molar-refractivity contribution in [2.45, 2.75) is 246 Å². The molecule has 10 aromatic heterocycles. The maximum atomic E-state index is 13.1. The Labute approximate surface area is 849 Å². The number of nitrogens with two attached hydrogens (primary N) is 4. The van der Waals surface area contributed by atoms with E-state index in [1.807, 2.05) is 212 Å². The van der Waals surface area contributed by atoms with Gasteiger partial charge in [0.05, 0.1) is 84.2 Å². The summed E-state index contributed by atoms with van der Waals surface area (Å²) in [7, 11) is 0. The lowest BCUT2D eigenvalue weighted by Crippen LogP contribution is -2.55. The maximum absolute atomic E-state index is 13.1. The molecule has 1 aliphatic heterocycles. The van der Waals surface area contributed by atoms with Crippen LogP contribution in [0.5, 0.6) is 0 Å². The van der Waals surface area contributed by atoms with Crippen molar-refractivity contribution in [3.63, 3.8) is 0 Å². The van der Waals surface area contributed by atoms with Gasteiger partial charge in [-0.1, -0.05) is 211 Å². The van der Waals surface area contributed by atoms with Gasteiger partial charge in [-0.3, -0.25) is 73.4 Å². The average molecular weight is 1990 g/mol. The SMILES string of the molecule is Cc1[nH]nc2c1c(=O)n(CCCNC(=O)C1(N)CCCCC1)c1ccccc21.Cc1[nH]nc2c1c(=O)n(CCCNC(=O)[C@@H](N)CC(C)C)c1ccccc21.Cc1[nH]nc2c1c(=O)n(CCCNC(=O)[C@@H](N)CC1CCCCC1)c1ccccc21.Cc1[nH]nc2c1c(=O)n(CCCNC(=O)[C@@H](N)CCc1ccccc1)c1ccccc21.Cc1[nH]nc2c1c(=O)n(CCCNC(=O)[C@@H]1Cc3ccccc3CN1)c1ccccc21. The molecule has 4 atom stereocenters. The van der Waals surface area contributed by atoms with Gasteiger partial charge in [0, 0.05) is 127 Å². The Hall–Kier alpha value is -14.9. The molecule has 17 aromatic rings. The van der Waals surface area contributed by atoms with Crippen molar-refractivity contribution in [3.05, 3.63) is 273 Å². The molecular weight excluding hydrogens is 1860 g/mol. The predicted molar refractivity (Wildman–Crippen MR) is 581 cm³/mol. The quantitative estimate of drug-likeness (QED) is 0.0174. The first-order valence-corrected chi connectivity index (χ1v) is 51.8. The molecule has 0 spiro atoms. The highest BCUT2D eigenvalue weighted by Gasteiger charge is 2.36. The lowest BCUT2D eigenvalue weighted by atomic mass is 9.82. The summed E-state index contributed by atoms with van der Waals surface area (Å²) in [4.78, 5) is 127. The van der Waals surface area contributed by atoms with Crippen LogP contribution >= 0.6 is 0 Å². The molecule has 2 aliphatic carbocycles. The van der Waals surface area contributed by atoms with E-state index in [2.05, 4.69) is 95.0 Å². The van der Waals surface area contributed by atoms with Crippen LogP contribution in [0, 0.1) is 46.5 Å². The van der Waals surface area contributed by atoms with Gasteiger partial charge in [0.15, 0.2) is 0 Å². The molecule has 2 fully saturated rings. The van der Waals surface area contributed by atoms with Crippen molar-refractivity contribution in [2.24, 2.45) is 34.8 Å². The van der Waals surface area contributed by atoms with Gasteiger partial charge in [0.2, 0.25) is 29.5 Å². The van der Waals surface area contributed by atoms with E-state index in [-0.39, 0.29) is 63.4 Å². The number of nitrogens with zero attached hydrogens (tertiary/aromatic N) is 10. The lowest BCUT2D eigenvalue weighted by Gasteiger charge is -2.31. The van der Waals surface area contributed by atoms with E-state index in [4.69, 9.17) is 22.9 Å². The first kappa shape index (κ1) is 105. The van der Waals surface area contributed by atoms with Gasteiger partial charge in [-0.2, -0.15) is 25.5 Å². The average Bonchev–Trinajstić information content (AvgIpc) is 1.67. The van der Waals surface area contributed by atoms with Crippen LogP contribution in [0.2, 0.25) is 0 Å². The van der Waals surface area contributed by atoms with E-state index in [0.29, 0.717) is 190 Å². The summed E-state index contributed by atoms with van der Waals surface area (Å²) in [5, 5.41) is 62.1. The second-order valence-electron chi connectivity index (χ2n) is 39.8. The number of aryl methyl sites for hydroxylation is 11. The number of H-pyrrole nitrogens is 5. The fraction of sp³-hybridized carbons (Fsp3) is 0.402. The number of para-hydroxylation sites is 5. The van der Waals surface area contributed by atoms with Crippen molar-refractivity contribution in [1.82, 2.24) is 106 Å². The third-order valence-corrected chi connectivity index (χ3v) is 28.8. The molecule has 5 amide bonds.